The lowest BCUT2D eigenvalue weighted by Gasteiger charge is -2.40. The Bertz CT molecular complexity index is 486. The molecule has 22 heavy (non-hydrogen) atoms. The van der Waals surface area contributed by atoms with Gasteiger partial charge in [0, 0.05) is 6.08 Å². The quantitative estimate of drug-likeness (QED) is 0.571. The van der Waals surface area contributed by atoms with Crippen LogP contribution in [0.25, 0.3) is 0 Å². The lowest BCUT2D eigenvalue weighted by molar-refractivity contribution is -0.295. The number of carbonyl (C=O) groups excluding carboxylic acids is 1. The van der Waals surface area contributed by atoms with Gasteiger partial charge >= 0.3 is 5.97 Å². The molecule has 0 unspecified atom stereocenters. The molecule has 0 saturated carbocycles. The molecule has 0 aromatic carbocycles. The van der Waals surface area contributed by atoms with Crippen LogP contribution in [0.5, 0.6) is 0 Å². The van der Waals surface area contributed by atoms with Gasteiger partial charge in [-0.1, -0.05) is 6.58 Å². The largest absolute Gasteiger partial charge is 0.457 e. The van der Waals surface area contributed by atoms with Crippen molar-refractivity contribution in [3.05, 3.63) is 12.7 Å². The van der Waals surface area contributed by atoms with Crippen molar-refractivity contribution in [3.8, 4) is 0 Å². The lowest BCUT2D eigenvalue weighted by atomic mass is 9.97. The van der Waals surface area contributed by atoms with Crippen LogP contribution in [0.15, 0.2) is 12.7 Å². The van der Waals surface area contributed by atoms with Crippen LogP contribution < -0.4 is 0 Å². The van der Waals surface area contributed by atoms with Crippen LogP contribution in [0, 0.1) is 0 Å². The Morgan fingerprint density at radius 2 is 1.95 bits per heavy atom. The van der Waals surface area contributed by atoms with Gasteiger partial charge in [0.05, 0.1) is 6.61 Å². The second kappa shape index (κ2) is 5.01. The summed E-state index contributed by atoms with van der Waals surface area (Å²) in [4.78, 5) is 11.4. The molecule has 3 aliphatic heterocycles. The summed E-state index contributed by atoms with van der Waals surface area (Å²) in [6.07, 6.45) is -0.0643. The zero-order valence-corrected chi connectivity index (χ0v) is 13.3. The third-order valence-corrected chi connectivity index (χ3v) is 3.86. The first kappa shape index (κ1) is 15.9. The summed E-state index contributed by atoms with van der Waals surface area (Å²) in [5.74, 6) is -3.34. The van der Waals surface area contributed by atoms with Gasteiger partial charge in [-0.05, 0) is 27.7 Å². The number of hydrogen-bond acceptors (Lipinski definition) is 7. The normalized spacial score (nSPS) is 41.5. The molecule has 4 atom stereocenters. The van der Waals surface area contributed by atoms with Gasteiger partial charge in [-0.25, -0.2) is 4.79 Å². The Hall–Kier alpha value is -0.990. The molecule has 0 radical (unpaired) electrons. The van der Waals surface area contributed by atoms with Crippen LogP contribution in [0.2, 0.25) is 0 Å². The fourth-order valence-corrected chi connectivity index (χ4v) is 3.18. The van der Waals surface area contributed by atoms with Crippen LogP contribution in [0.1, 0.15) is 27.7 Å². The first-order valence-electron chi connectivity index (χ1n) is 7.33. The molecule has 7 nitrogen and oxygen atoms in total. The van der Waals surface area contributed by atoms with E-state index < -0.39 is 29.4 Å². The van der Waals surface area contributed by atoms with Gasteiger partial charge in [-0.2, -0.15) is 0 Å². The minimum atomic E-state index is -1.20. The van der Waals surface area contributed by atoms with Crippen molar-refractivity contribution in [2.45, 2.75) is 63.4 Å². The summed E-state index contributed by atoms with van der Waals surface area (Å²) in [6.45, 7) is 10.8. The van der Waals surface area contributed by atoms with Crippen LogP contribution in [0.3, 0.4) is 0 Å². The highest BCUT2D eigenvalue weighted by Crippen LogP contribution is 2.47. The summed E-state index contributed by atoms with van der Waals surface area (Å²) in [5.41, 5.74) is 0. The predicted octanol–water partition coefficient (Wildman–Crippen LogP) is 1.11. The summed E-state index contributed by atoms with van der Waals surface area (Å²) in [6, 6.07) is 0. The zero-order valence-electron chi connectivity index (χ0n) is 13.3. The number of rotatable bonds is 3. The van der Waals surface area contributed by atoms with Crippen molar-refractivity contribution in [1.82, 2.24) is 0 Å². The van der Waals surface area contributed by atoms with E-state index >= 15 is 0 Å². The molecule has 0 aromatic rings. The molecule has 0 aliphatic carbocycles. The van der Waals surface area contributed by atoms with E-state index in [4.69, 9.17) is 28.4 Å². The molecule has 0 spiro atoms. The van der Waals surface area contributed by atoms with Crippen molar-refractivity contribution < 1.29 is 33.2 Å². The summed E-state index contributed by atoms with van der Waals surface area (Å²) >= 11 is 0. The topological polar surface area (TPSA) is 72.5 Å². The molecular weight excluding hydrogens is 292 g/mol. The second-order valence-electron chi connectivity index (χ2n) is 6.61. The monoisotopic (exact) mass is 314 g/mol. The van der Waals surface area contributed by atoms with Gasteiger partial charge in [0.1, 0.15) is 24.9 Å². The Labute approximate surface area is 129 Å². The van der Waals surface area contributed by atoms with Crippen LogP contribution in [-0.2, 0) is 33.2 Å². The van der Waals surface area contributed by atoms with E-state index in [0.717, 1.165) is 6.08 Å². The smallest absolute Gasteiger partial charge is 0.330 e. The van der Waals surface area contributed by atoms with Crippen molar-refractivity contribution in [3.63, 3.8) is 0 Å². The molecule has 124 valence electrons. The van der Waals surface area contributed by atoms with Crippen molar-refractivity contribution in [2.75, 3.05) is 13.2 Å². The Morgan fingerprint density at radius 3 is 2.64 bits per heavy atom. The van der Waals surface area contributed by atoms with Crippen molar-refractivity contribution >= 4 is 5.97 Å². The van der Waals surface area contributed by atoms with E-state index in [1.807, 2.05) is 13.8 Å². The Morgan fingerprint density at radius 1 is 1.23 bits per heavy atom. The average Bonchev–Trinajstić information content (AvgIpc) is 2.87. The first-order chi connectivity index (χ1) is 10.2. The van der Waals surface area contributed by atoms with Gasteiger partial charge in [-0.3, -0.25) is 0 Å². The minimum Gasteiger partial charge on any atom is -0.457 e. The summed E-state index contributed by atoms with van der Waals surface area (Å²) in [7, 11) is 0. The Balaban J connectivity index is 1.84. The maximum Gasteiger partial charge on any atom is 0.330 e. The lowest BCUT2D eigenvalue weighted by Crippen LogP contribution is -2.60. The summed E-state index contributed by atoms with van der Waals surface area (Å²) in [5, 5.41) is 0. The van der Waals surface area contributed by atoms with Gasteiger partial charge in [0.25, 0.3) is 0 Å². The molecule has 3 saturated heterocycles. The number of fused-ring (bicyclic) bond motifs is 3. The first-order valence-corrected chi connectivity index (χ1v) is 7.33. The summed E-state index contributed by atoms with van der Waals surface area (Å²) < 4.78 is 34.7. The van der Waals surface area contributed by atoms with Crippen LogP contribution >= 0.6 is 0 Å². The maximum absolute atomic E-state index is 11.4. The third kappa shape index (κ3) is 2.68. The molecule has 0 N–H and O–H groups in total. The SMILES string of the molecule is C=CC(=O)OC[C@@]12OC[C@H]3OC(C)(C)O[C@H]3[C@@H]1OC(C)(C)O2. The molecular formula is C15H22O7. The average molecular weight is 314 g/mol. The number of ether oxygens (including phenoxy) is 6. The maximum atomic E-state index is 11.4. The second-order valence-corrected chi connectivity index (χ2v) is 6.61. The Kier molecular flexibility index (Phi) is 3.61. The number of esters is 1. The van der Waals surface area contributed by atoms with E-state index in [9.17, 15) is 4.79 Å². The highest BCUT2D eigenvalue weighted by atomic mass is 16.9. The molecule has 0 bridgehead atoms. The highest BCUT2D eigenvalue weighted by Gasteiger charge is 2.65. The van der Waals surface area contributed by atoms with E-state index in [2.05, 4.69) is 6.58 Å². The molecule has 3 fully saturated rings. The highest BCUT2D eigenvalue weighted by molar-refractivity contribution is 5.81. The predicted molar refractivity (Wildman–Crippen MR) is 73.7 cm³/mol. The van der Waals surface area contributed by atoms with Crippen molar-refractivity contribution in [1.29, 1.82) is 0 Å². The molecule has 0 amide bonds. The fourth-order valence-electron chi connectivity index (χ4n) is 3.18. The van der Waals surface area contributed by atoms with E-state index in [0.29, 0.717) is 0 Å². The van der Waals surface area contributed by atoms with E-state index in [-0.39, 0.29) is 25.4 Å². The van der Waals surface area contributed by atoms with Gasteiger partial charge in [-0.15, -0.1) is 0 Å². The molecule has 3 aliphatic rings. The molecule has 7 heteroatoms. The molecule has 0 aromatic heterocycles. The molecule has 3 heterocycles. The van der Waals surface area contributed by atoms with Gasteiger partial charge < -0.3 is 28.4 Å². The van der Waals surface area contributed by atoms with E-state index in [1.54, 1.807) is 13.8 Å². The molecule has 3 rings (SSSR count). The van der Waals surface area contributed by atoms with Crippen LogP contribution in [0.4, 0.5) is 0 Å². The minimum absolute atomic E-state index is 0.0983. The van der Waals surface area contributed by atoms with Crippen LogP contribution in [-0.4, -0.2) is 54.9 Å². The van der Waals surface area contributed by atoms with E-state index in [1.165, 1.54) is 0 Å². The standard InChI is InChI=1S/C15H22O7/c1-6-10(16)17-8-15-12(21-14(4,5)22-15)11-9(7-18-15)19-13(2,3)20-11/h6,9,11-12H,1,7-8H2,2-5H3/t9-,11-,12+,15+/m1/s1. The number of carbonyl (C=O) groups is 1. The zero-order chi connectivity index (χ0) is 16.2. The number of hydrogen-bond donors (Lipinski definition) is 0. The van der Waals surface area contributed by atoms with Crippen molar-refractivity contribution in [2.24, 2.45) is 0 Å². The fraction of sp³-hybridized carbons (Fsp3) is 0.800. The van der Waals surface area contributed by atoms with Gasteiger partial charge in [0.2, 0.25) is 5.79 Å². The van der Waals surface area contributed by atoms with Gasteiger partial charge in [0.15, 0.2) is 11.6 Å². The third-order valence-electron chi connectivity index (χ3n) is 3.86.